The Bertz CT molecular complexity index is 852. The number of azide groups is 1. The SMILES string of the molecule is CCCCCCCCCCCCCCCC(=O)OC[C@H]1O[C@@H](n2cc(C)cnc2=O)C[C@@H]1N=[N+]=[N-]. The topological polar surface area (TPSA) is 119 Å². The summed E-state index contributed by atoms with van der Waals surface area (Å²) in [6.45, 7) is 4.09. The number of aryl methyl sites for hydroxylation is 1. The summed E-state index contributed by atoms with van der Waals surface area (Å²) in [5.74, 6) is -0.269. The molecule has 9 nitrogen and oxygen atoms in total. The molecule has 0 amide bonds. The highest BCUT2D eigenvalue weighted by atomic mass is 16.6. The number of aromatic nitrogens is 2. The predicted octanol–water partition coefficient (Wildman–Crippen LogP) is 6.54. The second-order valence-corrected chi connectivity index (χ2v) is 9.63. The summed E-state index contributed by atoms with van der Waals surface area (Å²) in [5, 5.41) is 3.78. The minimum absolute atomic E-state index is 0.00542. The molecule has 2 heterocycles. The lowest BCUT2D eigenvalue weighted by atomic mass is 10.0. The van der Waals surface area contributed by atoms with Crippen LogP contribution in [-0.4, -0.2) is 34.3 Å². The summed E-state index contributed by atoms with van der Waals surface area (Å²) in [5.41, 5.74) is 9.27. The molecule has 0 unspecified atom stereocenters. The molecule has 1 aliphatic rings. The van der Waals surface area contributed by atoms with Gasteiger partial charge in [-0.3, -0.25) is 9.36 Å². The zero-order valence-electron chi connectivity index (χ0n) is 21.6. The Morgan fingerprint density at radius 1 is 1.11 bits per heavy atom. The molecule has 0 N–H and O–H groups in total. The van der Waals surface area contributed by atoms with Crippen LogP contribution in [-0.2, 0) is 14.3 Å². The van der Waals surface area contributed by atoms with Crippen molar-refractivity contribution < 1.29 is 14.3 Å². The molecule has 196 valence electrons. The van der Waals surface area contributed by atoms with Crippen LogP contribution in [0, 0.1) is 6.92 Å². The van der Waals surface area contributed by atoms with Gasteiger partial charge in [-0.2, -0.15) is 0 Å². The molecule has 0 aromatic carbocycles. The molecule has 1 saturated heterocycles. The van der Waals surface area contributed by atoms with Crippen molar-refractivity contribution in [1.29, 1.82) is 0 Å². The Kier molecular flexibility index (Phi) is 14.1. The first-order valence-corrected chi connectivity index (χ1v) is 13.4. The quantitative estimate of drug-likeness (QED) is 0.0762. The smallest absolute Gasteiger partial charge is 0.349 e. The van der Waals surface area contributed by atoms with E-state index >= 15 is 0 Å². The van der Waals surface area contributed by atoms with Gasteiger partial charge in [-0.1, -0.05) is 89.1 Å². The molecule has 1 aliphatic heterocycles. The van der Waals surface area contributed by atoms with Gasteiger partial charge in [0.15, 0.2) is 0 Å². The number of esters is 1. The second kappa shape index (κ2) is 17.1. The van der Waals surface area contributed by atoms with Gasteiger partial charge in [0.2, 0.25) is 0 Å². The van der Waals surface area contributed by atoms with E-state index in [2.05, 4.69) is 21.9 Å². The number of hydrogen-bond acceptors (Lipinski definition) is 6. The zero-order chi connectivity index (χ0) is 25.3. The lowest BCUT2D eigenvalue weighted by molar-refractivity contribution is -0.148. The van der Waals surface area contributed by atoms with Crippen molar-refractivity contribution in [3.05, 3.63) is 38.9 Å². The van der Waals surface area contributed by atoms with Crippen molar-refractivity contribution in [2.24, 2.45) is 5.11 Å². The van der Waals surface area contributed by atoms with Gasteiger partial charge in [-0.25, -0.2) is 9.78 Å². The molecule has 9 heteroatoms. The standard InChI is InChI=1S/C26H43N5O4/c1-3-4-5-6-7-8-9-10-11-12-13-14-15-16-25(32)34-20-23-22(29-30-27)17-24(35-23)31-19-21(2)18-28-26(31)33/h18-19,22-24H,3-17,20H2,1-2H3/t22-,23+,24+/m0/s1. The molecule has 1 fully saturated rings. The molecule has 1 aromatic heterocycles. The summed E-state index contributed by atoms with van der Waals surface area (Å²) in [4.78, 5) is 31.0. The minimum atomic E-state index is -0.602. The van der Waals surface area contributed by atoms with E-state index < -0.39 is 24.1 Å². The number of rotatable bonds is 18. The highest BCUT2D eigenvalue weighted by Gasteiger charge is 2.37. The summed E-state index contributed by atoms with van der Waals surface area (Å²) in [6.07, 6.45) is 19.0. The van der Waals surface area contributed by atoms with Crippen molar-refractivity contribution in [2.45, 2.75) is 129 Å². The van der Waals surface area contributed by atoms with Crippen LogP contribution in [0.5, 0.6) is 0 Å². The highest BCUT2D eigenvalue weighted by Crippen LogP contribution is 2.30. The van der Waals surface area contributed by atoms with Crippen LogP contribution < -0.4 is 5.69 Å². The number of hydrogen-bond donors (Lipinski definition) is 0. The molecule has 0 saturated carbocycles. The number of unbranched alkanes of at least 4 members (excludes halogenated alkanes) is 12. The van der Waals surface area contributed by atoms with Crippen molar-refractivity contribution in [3.63, 3.8) is 0 Å². The van der Waals surface area contributed by atoms with E-state index in [0.29, 0.717) is 12.8 Å². The predicted molar refractivity (Wildman–Crippen MR) is 136 cm³/mol. The van der Waals surface area contributed by atoms with Crippen LogP contribution in [0.3, 0.4) is 0 Å². The van der Waals surface area contributed by atoms with E-state index in [1.807, 2.05) is 6.92 Å². The zero-order valence-corrected chi connectivity index (χ0v) is 21.6. The second-order valence-electron chi connectivity index (χ2n) is 9.63. The minimum Gasteiger partial charge on any atom is -0.463 e. The molecule has 3 atom stereocenters. The monoisotopic (exact) mass is 489 g/mol. The summed E-state index contributed by atoms with van der Waals surface area (Å²) in [7, 11) is 0. The maximum Gasteiger partial charge on any atom is 0.349 e. The lowest BCUT2D eigenvalue weighted by Crippen LogP contribution is -2.28. The molecule has 1 aromatic rings. The van der Waals surface area contributed by atoms with Crippen molar-refractivity contribution >= 4 is 5.97 Å². The Labute approximate surface area is 209 Å². The van der Waals surface area contributed by atoms with E-state index in [4.69, 9.17) is 15.0 Å². The van der Waals surface area contributed by atoms with Gasteiger partial charge < -0.3 is 9.47 Å². The molecule has 0 spiro atoms. The number of ether oxygens (including phenoxy) is 2. The number of carbonyl (C=O) groups excluding carboxylic acids is 1. The third-order valence-electron chi connectivity index (χ3n) is 6.55. The first-order chi connectivity index (χ1) is 17.0. The van der Waals surface area contributed by atoms with Gasteiger partial charge in [0.25, 0.3) is 0 Å². The van der Waals surface area contributed by atoms with E-state index in [1.165, 1.54) is 75.0 Å². The molecule has 2 rings (SSSR count). The van der Waals surface area contributed by atoms with Crippen LogP contribution in [0.1, 0.15) is 115 Å². The first-order valence-electron chi connectivity index (χ1n) is 13.4. The van der Waals surface area contributed by atoms with Crippen LogP contribution in [0.25, 0.3) is 10.4 Å². The number of nitrogens with zero attached hydrogens (tertiary/aromatic N) is 5. The first kappa shape index (κ1) is 28.9. The lowest BCUT2D eigenvalue weighted by Gasteiger charge is -2.16. The Balaban J connectivity index is 1.57. The maximum atomic E-state index is 12.2. The summed E-state index contributed by atoms with van der Waals surface area (Å²) < 4.78 is 12.7. The van der Waals surface area contributed by atoms with Gasteiger partial charge in [-0.15, -0.1) is 0 Å². The normalized spacial score (nSPS) is 19.4. The van der Waals surface area contributed by atoms with E-state index in [-0.39, 0.29) is 12.6 Å². The van der Waals surface area contributed by atoms with Gasteiger partial charge >= 0.3 is 11.7 Å². The van der Waals surface area contributed by atoms with Gasteiger partial charge in [-0.05, 0) is 24.4 Å². The fourth-order valence-corrected chi connectivity index (χ4v) is 4.50. The Morgan fingerprint density at radius 2 is 1.71 bits per heavy atom. The maximum absolute atomic E-state index is 12.2. The van der Waals surface area contributed by atoms with E-state index in [9.17, 15) is 9.59 Å². The molecule has 0 bridgehead atoms. The van der Waals surface area contributed by atoms with E-state index in [0.717, 1.165) is 24.8 Å². The van der Waals surface area contributed by atoms with Crippen molar-refractivity contribution in [2.75, 3.05) is 6.61 Å². The third kappa shape index (κ3) is 11.3. The molecule has 35 heavy (non-hydrogen) atoms. The fourth-order valence-electron chi connectivity index (χ4n) is 4.50. The van der Waals surface area contributed by atoms with Crippen LogP contribution in [0.2, 0.25) is 0 Å². The van der Waals surface area contributed by atoms with Crippen molar-refractivity contribution in [1.82, 2.24) is 9.55 Å². The average molecular weight is 490 g/mol. The Hall–Kier alpha value is -2.38. The van der Waals surface area contributed by atoms with E-state index in [1.54, 1.807) is 6.20 Å². The molecular formula is C26H43N5O4. The van der Waals surface area contributed by atoms with Crippen LogP contribution in [0.15, 0.2) is 22.3 Å². The third-order valence-corrected chi connectivity index (χ3v) is 6.55. The van der Waals surface area contributed by atoms with Gasteiger partial charge in [0.1, 0.15) is 18.9 Å². The number of carbonyl (C=O) groups is 1. The molecular weight excluding hydrogens is 446 g/mol. The Morgan fingerprint density at radius 3 is 2.31 bits per heavy atom. The van der Waals surface area contributed by atoms with Crippen LogP contribution in [0.4, 0.5) is 0 Å². The summed E-state index contributed by atoms with van der Waals surface area (Å²) >= 11 is 0. The fraction of sp³-hybridized carbons (Fsp3) is 0.808. The molecule has 0 radical (unpaired) electrons. The van der Waals surface area contributed by atoms with Crippen LogP contribution >= 0.6 is 0 Å². The molecule has 0 aliphatic carbocycles. The van der Waals surface area contributed by atoms with Gasteiger partial charge in [0, 0.05) is 30.1 Å². The van der Waals surface area contributed by atoms with Crippen molar-refractivity contribution in [3.8, 4) is 0 Å². The highest BCUT2D eigenvalue weighted by molar-refractivity contribution is 5.69. The van der Waals surface area contributed by atoms with Gasteiger partial charge in [0.05, 0.1) is 6.04 Å². The largest absolute Gasteiger partial charge is 0.463 e. The average Bonchev–Trinajstić information content (AvgIpc) is 3.25. The summed E-state index contributed by atoms with van der Waals surface area (Å²) in [6, 6.07) is -0.512.